The third kappa shape index (κ3) is 2.28. The lowest BCUT2D eigenvalue weighted by atomic mass is 9.97. The van der Waals surface area contributed by atoms with Gasteiger partial charge in [0.2, 0.25) is 0 Å². The Kier molecular flexibility index (Phi) is 3.09. The van der Waals surface area contributed by atoms with Crippen LogP contribution in [0.5, 0.6) is 0 Å². The molecule has 0 aliphatic carbocycles. The van der Waals surface area contributed by atoms with Crippen molar-refractivity contribution in [1.29, 1.82) is 0 Å². The van der Waals surface area contributed by atoms with Crippen molar-refractivity contribution in [3.05, 3.63) is 47.5 Å². The minimum atomic E-state index is -4.29. The molecule has 0 aromatic heterocycles. The van der Waals surface area contributed by atoms with Crippen LogP contribution in [0.1, 0.15) is 24.5 Å². The molecule has 0 aliphatic rings. The SMILES string of the molecule is CCCc1cccc2c(C(F)(F)F)cccc12. The van der Waals surface area contributed by atoms with Crippen LogP contribution in [-0.2, 0) is 12.6 Å². The van der Waals surface area contributed by atoms with Crippen molar-refractivity contribution in [3.63, 3.8) is 0 Å². The van der Waals surface area contributed by atoms with E-state index in [2.05, 4.69) is 0 Å². The molecular weight excluding hydrogens is 225 g/mol. The molecule has 0 N–H and O–H groups in total. The topological polar surface area (TPSA) is 0 Å². The highest BCUT2D eigenvalue weighted by atomic mass is 19.4. The van der Waals surface area contributed by atoms with E-state index in [9.17, 15) is 13.2 Å². The molecule has 0 fully saturated rings. The molecule has 0 nitrogen and oxygen atoms in total. The molecule has 0 unspecified atom stereocenters. The largest absolute Gasteiger partial charge is 0.417 e. The molecule has 0 saturated carbocycles. The van der Waals surface area contributed by atoms with Crippen LogP contribution in [-0.4, -0.2) is 0 Å². The van der Waals surface area contributed by atoms with Gasteiger partial charge in [-0.3, -0.25) is 0 Å². The van der Waals surface area contributed by atoms with Gasteiger partial charge in [0, 0.05) is 0 Å². The average Bonchev–Trinajstić information content (AvgIpc) is 2.28. The molecule has 0 bridgehead atoms. The van der Waals surface area contributed by atoms with Crippen LogP contribution in [0.2, 0.25) is 0 Å². The van der Waals surface area contributed by atoms with Crippen molar-refractivity contribution in [3.8, 4) is 0 Å². The maximum absolute atomic E-state index is 12.8. The summed E-state index contributed by atoms with van der Waals surface area (Å²) in [5.41, 5.74) is 0.434. The van der Waals surface area contributed by atoms with Gasteiger partial charge in [0.05, 0.1) is 5.56 Å². The van der Waals surface area contributed by atoms with Crippen molar-refractivity contribution in [2.24, 2.45) is 0 Å². The van der Waals surface area contributed by atoms with E-state index >= 15 is 0 Å². The van der Waals surface area contributed by atoms with Crippen molar-refractivity contribution in [1.82, 2.24) is 0 Å². The molecule has 3 heteroatoms. The summed E-state index contributed by atoms with van der Waals surface area (Å²) in [6.07, 6.45) is -2.56. The normalized spacial score (nSPS) is 12.0. The number of hydrogen-bond acceptors (Lipinski definition) is 0. The molecule has 0 atom stereocenters. The molecular formula is C14H13F3. The quantitative estimate of drug-likeness (QED) is 0.704. The predicted octanol–water partition coefficient (Wildman–Crippen LogP) is 4.81. The van der Waals surface area contributed by atoms with E-state index in [1.807, 2.05) is 13.0 Å². The van der Waals surface area contributed by atoms with Crippen molar-refractivity contribution in [2.45, 2.75) is 25.9 Å². The molecule has 2 rings (SSSR count). The van der Waals surface area contributed by atoms with Crippen LogP contribution < -0.4 is 0 Å². The van der Waals surface area contributed by atoms with Gasteiger partial charge in [-0.25, -0.2) is 0 Å². The summed E-state index contributed by atoms with van der Waals surface area (Å²) < 4.78 is 38.5. The Morgan fingerprint density at radius 2 is 1.59 bits per heavy atom. The van der Waals surface area contributed by atoms with Crippen LogP contribution in [0.3, 0.4) is 0 Å². The number of aryl methyl sites for hydroxylation is 1. The van der Waals surface area contributed by atoms with Crippen LogP contribution in [0.4, 0.5) is 13.2 Å². The van der Waals surface area contributed by atoms with Gasteiger partial charge >= 0.3 is 6.18 Å². The second-order valence-electron chi connectivity index (χ2n) is 4.07. The third-order valence-electron chi connectivity index (χ3n) is 2.84. The van der Waals surface area contributed by atoms with E-state index in [1.165, 1.54) is 12.1 Å². The number of rotatable bonds is 2. The minimum absolute atomic E-state index is 0.297. The van der Waals surface area contributed by atoms with Crippen LogP contribution in [0.25, 0.3) is 10.8 Å². The van der Waals surface area contributed by atoms with Crippen molar-refractivity contribution in [2.75, 3.05) is 0 Å². The molecule has 17 heavy (non-hydrogen) atoms. The van der Waals surface area contributed by atoms with Gasteiger partial charge in [0.1, 0.15) is 0 Å². The summed E-state index contributed by atoms with van der Waals surface area (Å²) in [6, 6.07) is 9.50. The van der Waals surface area contributed by atoms with E-state index in [-0.39, 0.29) is 0 Å². The zero-order chi connectivity index (χ0) is 12.5. The van der Waals surface area contributed by atoms with Gasteiger partial charge in [0.15, 0.2) is 0 Å². The lowest BCUT2D eigenvalue weighted by Gasteiger charge is -2.12. The molecule has 0 saturated heterocycles. The Morgan fingerprint density at radius 1 is 0.941 bits per heavy atom. The predicted molar refractivity (Wildman–Crippen MR) is 62.9 cm³/mol. The Balaban J connectivity index is 2.70. The summed E-state index contributed by atoms with van der Waals surface area (Å²) >= 11 is 0. The summed E-state index contributed by atoms with van der Waals surface area (Å²) in [6.45, 7) is 2.02. The zero-order valence-corrected chi connectivity index (χ0v) is 9.51. The molecule has 90 valence electrons. The Morgan fingerprint density at radius 3 is 2.24 bits per heavy atom. The molecule has 0 radical (unpaired) electrons. The van der Waals surface area contributed by atoms with E-state index in [1.54, 1.807) is 12.1 Å². The third-order valence-corrected chi connectivity index (χ3v) is 2.84. The van der Waals surface area contributed by atoms with E-state index in [0.717, 1.165) is 24.5 Å². The van der Waals surface area contributed by atoms with Gasteiger partial charge in [0.25, 0.3) is 0 Å². The van der Waals surface area contributed by atoms with Crippen LogP contribution in [0.15, 0.2) is 36.4 Å². The lowest BCUT2D eigenvalue weighted by Crippen LogP contribution is -2.05. The number of benzene rings is 2. The number of halogens is 3. The van der Waals surface area contributed by atoms with Crippen LogP contribution >= 0.6 is 0 Å². The second-order valence-corrected chi connectivity index (χ2v) is 4.07. The number of hydrogen-bond donors (Lipinski definition) is 0. The Bertz CT molecular complexity index is 526. The average molecular weight is 238 g/mol. The molecule has 0 heterocycles. The fraction of sp³-hybridized carbons (Fsp3) is 0.286. The van der Waals surface area contributed by atoms with E-state index in [4.69, 9.17) is 0 Å². The van der Waals surface area contributed by atoms with Gasteiger partial charge < -0.3 is 0 Å². The molecule has 0 aliphatic heterocycles. The molecule has 2 aromatic rings. The Hall–Kier alpha value is -1.51. The highest BCUT2D eigenvalue weighted by molar-refractivity contribution is 5.89. The number of fused-ring (bicyclic) bond motifs is 1. The first kappa shape index (κ1) is 12.0. The van der Waals surface area contributed by atoms with Gasteiger partial charge in [-0.15, -0.1) is 0 Å². The maximum Gasteiger partial charge on any atom is 0.417 e. The summed E-state index contributed by atoms with van der Waals surface area (Å²) in [5.74, 6) is 0. The monoisotopic (exact) mass is 238 g/mol. The van der Waals surface area contributed by atoms with E-state index in [0.29, 0.717) is 10.8 Å². The summed E-state index contributed by atoms with van der Waals surface area (Å²) in [7, 11) is 0. The highest BCUT2D eigenvalue weighted by Gasteiger charge is 2.32. The van der Waals surface area contributed by atoms with Gasteiger partial charge in [-0.05, 0) is 28.8 Å². The first-order chi connectivity index (χ1) is 8.04. The summed E-state index contributed by atoms with van der Waals surface area (Å²) in [4.78, 5) is 0. The first-order valence-electron chi connectivity index (χ1n) is 5.62. The number of alkyl halides is 3. The van der Waals surface area contributed by atoms with Crippen molar-refractivity contribution < 1.29 is 13.2 Å². The fourth-order valence-corrected chi connectivity index (χ4v) is 2.11. The van der Waals surface area contributed by atoms with Crippen LogP contribution in [0, 0.1) is 0 Å². The van der Waals surface area contributed by atoms with Crippen molar-refractivity contribution >= 4 is 10.8 Å². The van der Waals surface area contributed by atoms with Gasteiger partial charge in [-0.2, -0.15) is 13.2 Å². The van der Waals surface area contributed by atoms with Gasteiger partial charge in [-0.1, -0.05) is 43.7 Å². The molecule has 0 amide bonds. The summed E-state index contributed by atoms with van der Waals surface area (Å²) in [5, 5.41) is 1.01. The standard InChI is InChI=1S/C14H13F3/c1-2-5-10-6-3-8-12-11(10)7-4-9-13(12)14(15,16)17/h3-4,6-9H,2,5H2,1H3. The highest BCUT2D eigenvalue weighted by Crippen LogP contribution is 2.35. The Labute approximate surface area is 98.1 Å². The lowest BCUT2D eigenvalue weighted by molar-refractivity contribution is -0.136. The molecule has 0 spiro atoms. The zero-order valence-electron chi connectivity index (χ0n) is 9.51. The fourth-order valence-electron chi connectivity index (χ4n) is 2.11. The maximum atomic E-state index is 12.8. The first-order valence-corrected chi connectivity index (χ1v) is 5.62. The smallest absolute Gasteiger partial charge is 0.166 e. The second kappa shape index (κ2) is 4.40. The minimum Gasteiger partial charge on any atom is -0.166 e. The molecule has 2 aromatic carbocycles. The van der Waals surface area contributed by atoms with E-state index < -0.39 is 11.7 Å².